The van der Waals surface area contributed by atoms with Gasteiger partial charge in [-0.3, -0.25) is 9.69 Å². The molecule has 0 spiro atoms. The average Bonchev–Trinajstić information content (AvgIpc) is 3.18. The van der Waals surface area contributed by atoms with Crippen LogP contribution in [0.15, 0.2) is 17.5 Å². The topological polar surface area (TPSA) is 50.2 Å². The van der Waals surface area contributed by atoms with E-state index in [4.69, 9.17) is 4.98 Å². The van der Waals surface area contributed by atoms with Gasteiger partial charge in [-0.25, -0.2) is 4.98 Å². The fourth-order valence-corrected chi connectivity index (χ4v) is 4.52. The molecule has 134 valence electrons. The number of nitrogens with zero attached hydrogens (tertiary/aromatic N) is 3. The summed E-state index contributed by atoms with van der Waals surface area (Å²) < 4.78 is 2.30. The van der Waals surface area contributed by atoms with Crippen LogP contribution in [0.1, 0.15) is 48.3 Å². The van der Waals surface area contributed by atoms with E-state index in [1.165, 1.54) is 22.7 Å². The first-order valence-corrected chi connectivity index (χ1v) is 10.2. The Bertz CT molecular complexity index is 733. The van der Waals surface area contributed by atoms with E-state index in [1.54, 1.807) is 0 Å². The summed E-state index contributed by atoms with van der Waals surface area (Å²) in [7, 11) is 0. The molecule has 0 bridgehead atoms. The Balaban J connectivity index is 1.44. The van der Waals surface area contributed by atoms with E-state index in [1.807, 2.05) is 11.3 Å². The van der Waals surface area contributed by atoms with E-state index in [9.17, 15) is 4.79 Å². The Morgan fingerprint density at radius 2 is 2.32 bits per heavy atom. The third kappa shape index (κ3) is 3.51. The number of rotatable bonds is 6. The Morgan fingerprint density at radius 3 is 3.00 bits per heavy atom. The van der Waals surface area contributed by atoms with E-state index < -0.39 is 0 Å². The largest absolute Gasteiger partial charge is 0.349 e. The van der Waals surface area contributed by atoms with Crippen LogP contribution in [0.3, 0.4) is 0 Å². The maximum absolute atomic E-state index is 12.1. The fourth-order valence-electron chi connectivity index (χ4n) is 3.77. The summed E-state index contributed by atoms with van der Waals surface area (Å²) in [6.07, 6.45) is 4.28. The summed E-state index contributed by atoms with van der Waals surface area (Å²) >= 11 is 1.82. The highest BCUT2D eigenvalue weighted by Gasteiger charge is 2.27. The van der Waals surface area contributed by atoms with Crippen molar-refractivity contribution in [1.29, 1.82) is 0 Å². The number of hydrogen-bond donors (Lipinski definition) is 1. The number of nitrogens with one attached hydrogen (secondary N) is 1. The molecular formula is C19H26N4OS. The van der Waals surface area contributed by atoms with Gasteiger partial charge in [0.15, 0.2) is 0 Å². The minimum absolute atomic E-state index is 0.203. The van der Waals surface area contributed by atoms with Crippen LogP contribution in [0.4, 0.5) is 0 Å². The maximum Gasteiger partial charge on any atom is 0.223 e. The van der Waals surface area contributed by atoms with Crippen molar-refractivity contribution in [3.8, 4) is 0 Å². The summed E-state index contributed by atoms with van der Waals surface area (Å²) in [6.45, 7) is 6.65. The van der Waals surface area contributed by atoms with Crippen LogP contribution in [0.5, 0.6) is 0 Å². The van der Waals surface area contributed by atoms with E-state index in [-0.39, 0.29) is 11.8 Å². The lowest BCUT2D eigenvalue weighted by atomic mass is 9.85. The molecule has 1 aliphatic heterocycles. The van der Waals surface area contributed by atoms with Crippen LogP contribution in [-0.4, -0.2) is 26.9 Å². The van der Waals surface area contributed by atoms with Gasteiger partial charge in [-0.05, 0) is 31.2 Å². The van der Waals surface area contributed by atoms with Crippen LogP contribution < -0.4 is 5.32 Å². The molecule has 1 fully saturated rings. The van der Waals surface area contributed by atoms with Crippen LogP contribution in [0, 0.1) is 5.92 Å². The number of thiophene rings is 1. The molecule has 0 aromatic carbocycles. The highest BCUT2D eigenvalue weighted by atomic mass is 32.1. The van der Waals surface area contributed by atoms with Gasteiger partial charge < -0.3 is 9.88 Å². The standard InChI is InChI=1S/C19H26N4OS/c1-2-23-17-13-22(12-15-7-4-10-25-15)9-8-16(17)21-18(23)11-20-19(24)14-5-3-6-14/h4,7,10,14H,2-3,5-6,8-9,11-13H2,1H3,(H,20,24). The molecule has 25 heavy (non-hydrogen) atoms. The summed E-state index contributed by atoms with van der Waals surface area (Å²) in [4.78, 5) is 20.9. The van der Waals surface area contributed by atoms with E-state index in [0.717, 1.165) is 51.3 Å². The second-order valence-corrected chi connectivity index (χ2v) is 8.08. The second kappa shape index (κ2) is 7.30. The van der Waals surface area contributed by atoms with E-state index >= 15 is 0 Å². The molecule has 0 atom stereocenters. The van der Waals surface area contributed by atoms with Crippen LogP contribution in [-0.2, 0) is 37.4 Å². The van der Waals surface area contributed by atoms with Gasteiger partial charge >= 0.3 is 0 Å². The third-order valence-corrected chi connectivity index (χ3v) is 6.31. The summed E-state index contributed by atoms with van der Waals surface area (Å²) in [5.41, 5.74) is 2.55. The lowest BCUT2D eigenvalue weighted by molar-refractivity contribution is -0.127. The predicted molar refractivity (Wildman–Crippen MR) is 99.2 cm³/mol. The summed E-state index contributed by atoms with van der Waals surface area (Å²) in [5.74, 6) is 1.45. The van der Waals surface area contributed by atoms with Gasteiger partial charge in [0.1, 0.15) is 5.82 Å². The Labute approximate surface area is 153 Å². The van der Waals surface area contributed by atoms with Gasteiger partial charge in [0.2, 0.25) is 5.91 Å². The average molecular weight is 359 g/mol. The monoisotopic (exact) mass is 358 g/mol. The quantitative estimate of drug-likeness (QED) is 0.864. The lowest BCUT2D eigenvalue weighted by Crippen LogP contribution is -2.34. The number of carbonyl (C=O) groups is 1. The van der Waals surface area contributed by atoms with Crippen molar-refractivity contribution < 1.29 is 4.79 Å². The van der Waals surface area contributed by atoms with Crippen molar-refractivity contribution in [2.24, 2.45) is 5.92 Å². The predicted octanol–water partition coefficient (Wildman–Crippen LogP) is 2.94. The minimum atomic E-state index is 0.203. The number of aromatic nitrogens is 2. The third-order valence-electron chi connectivity index (χ3n) is 5.45. The SMILES string of the molecule is CCn1c(CNC(=O)C2CCC2)nc2c1CN(Cc1cccs1)CC2. The molecule has 0 saturated heterocycles. The molecule has 1 saturated carbocycles. The van der Waals surface area contributed by atoms with Gasteiger partial charge in [0.05, 0.1) is 17.9 Å². The normalized spacial score (nSPS) is 18.0. The molecule has 5 nitrogen and oxygen atoms in total. The fraction of sp³-hybridized carbons (Fsp3) is 0.579. The molecule has 2 aromatic heterocycles. The Morgan fingerprint density at radius 1 is 1.44 bits per heavy atom. The molecule has 3 heterocycles. The summed E-state index contributed by atoms with van der Waals surface area (Å²) in [5, 5.41) is 5.24. The molecule has 2 aromatic rings. The van der Waals surface area contributed by atoms with Crippen molar-refractivity contribution in [2.45, 2.75) is 58.8 Å². The Kier molecular flexibility index (Phi) is 4.90. The number of imidazole rings is 1. The zero-order valence-electron chi connectivity index (χ0n) is 14.8. The first-order valence-electron chi connectivity index (χ1n) is 9.34. The first-order chi connectivity index (χ1) is 12.2. The van der Waals surface area contributed by atoms with Crippen LogP contribution in [0.2, 0.25) is 0 Å². The molecule has 0 unspecified atom stereocenters. The minimum Gasteiger partial charge on any atom is -0.349 e. The van der Waals surface area contributed by atoms with Gasteiger partial charge in [-0.15, -0.1) is 11.3 Å². The zero-order chi connectivity index (χ0) is 17.2. The van der Waals surface area contributed by atoms with Crippen molar-refractivity contribution in [1.82, 2.24) is 19.8 Å². The molecule has 6 heteroatoms. The van der Waals surface area contributed by atoms with Crippen LogP contribution >= 0.6 is 11.3 Å². The molecule has 1 N–H and O–H groups in total. The van der Waals surface area contributed by atoms with Crippen molar-refractivity contribution in [3.63, 3.8) is 0 Å². The summed E-state index contributed by atoms with van der Waals surface area (Å²) in [6, 6.07) is 4.33. The molecule has 2 aliphatic rings. The zero-order valence-corrected chi connectivity index (χ0v) is 15.6. The van der Waals surface area contributed by atoms with Crippen molar-refractivity contribution in [2.75, 3.05) is 6.54 Å². The Hall–Kier alpha value is -1.66. The van der Waals surface area contributed by atoms with E-state index in [2.05, 4.69) is 39.2 Å². The van der Waals surface area contributed by atoms with Crippen LogP contribution in [0.25, 0.3) is 0 Å². The van der Waals surface area contributed by atoms with Gasteiger partial charge in [0.25, 0.3) is 0 Å². The van der Waals surface area contributed by atoms with Crippen molar-refractivity contribution >= 4 is 17.2 Å². The highest BCUT2D eigenvalue weighted by Crippen LogP contribution is 2.27. The molecule has 4 rings (SSSR count). The number of amides is 1. The lowest BCUT2D eigenvalue weighted by Gasteiger charge is -2.27. The molecular weight excluding hydrogens is 332 g/mol. The maximum atomic E-state index is 12.1. The number of hydrogen-bond acceptors (Lipinski definition) is 4. The van der Waals surface area contributed by atoms with E-state index in [0.29, 0.717) is 6.54 Å². The number of carbonyl (C=O) groups excluding carboxylic acids is 1. The highest BCUT2D eigenvalue weighted by molar-refractivity contribution is 7.09. The molecule has 0 radical (unpaired) electrons. The number of fused-ring (bicyclic) bond motifs is 1. The molecule has 1 aliphatic carbocycles. The first kappa shape index (κ1) is 16.8. The van der Waals surface area contributed by atoms with Crippen molar-refractivity contribution in [3.05, 3.63) is 39.6 Å². The second-order valence-electron chi connectivity index (χ2n) is 7.05. The smallest absolute Gasteiger partial charge is 0.223 e. The van der Waals surface area contributed by atoms with Gasteiger partial charge in [-0.1, -0.05) is 12.5 Å². The molecule has 1 amide bonds. The van der Waals surface area contributed by atoms with Gasteiger partial charge in [0, 0.05) is 43.4 Å². The van der Waals surface area contributed by atoms with Gasteiger partial charge in [-0.2, -0.15) is 0 Å².